The minimum atomic E-state index is -4.46. The fourth-order valence-corrected chi connectivity index (χ4v) is 3.98. The summed E-state index contributed by atoms with van der Waals surface area (Å²) in [5.41, 5.74) is 1.33. The molecule has 4 rings (SSSR count). The molecule has 2 amide bonds. The van der Waals surface area contributed by atoms with Gasteiger partial charge in [-0.2, -0.15) is 13.2 Å². The summed E-state index contributed by atoms with van der Waals surface area (Å²) >= 11 is 0.802. The summed E-state index contributed by atoms with van der Waals surface area (Å²) in [6.07, 6.45) is -3.03. The second-order valence-corrected chi connectivity index (χ2v) is 7.97. The normalized spacial score (nSPS) is 15.9. The van der Waals surface area contributed by atoms with Gasteiger partial charge in [0.15, 0.2) is 0 Å². The molecular weight excluding hydrogens is 427 g/mol. The van der Waals surface area contributed by atoms with Gasteiger partial charge in [0.1, 0.15) is 11.5 Å². The average molecular weight is 443 g/mol. The number of halogens is 3. The highest BCUT2D eigenvalue weighted by atomic mass is 32.2. The first-order valence-electron chi connectivity index (χ1n) is 9.30. The third-order valence-corrected chi connectivity index (χ3v) is 5.75. The van der Waals surface area contributed by atoms with Crippen molar-refractivity contribution in [1.29, 1.82) is 0 Å². The van der Waals surface area contributed by atoms with Crippen LogP contribution in [0.3, 0.4) is 0 Å². The van der Waals surface area contributed by atoms with Crippen LogP contribution in [0.25, 0.3) is 17.4 Å². The Hall–Kier alpha value is -3.26. The van der Waals surface area contributed by atoms with Crippen molar-refractivity contribution in [3.63, 3.8) is 0 Å². The number of carbonyl (C=O) groups is 2. The molecule has 0 saturated carbocycles. The minimum Gasteiger partial charge on any atom is -0.457 e. The highest BCUT2D eigenvalue weighted by Crippen LogP contribution is 2.36. The second-order valence-electron chi connectivity index (χ2n) is 6.97. The molecule has 1 aromatic heterocycles. The number of alkyl halides is 3. The average Bonchev–Trinajstić information content (AvgIpc) is 3.29. The largest absolute Gasteiger partial charge is 0.457 e. The molecule has 1 aliphatic heterocycles. The Bertz CT molecular complexity index is 1200. The molecule has 0 N–H and O–H groups in total. The SMILES string of the molecule is Cc1ccccc1CN1C(=O)S/C(=C\c2ccc(-c3cccc(C(F)(F)F)c3)o2)C1=O. The summed E-state index contributed by atoms with van der Waals surface area (Å²) in [6.45, 7) is 2.07. The van der Waals surface area contributed by atoms with Crippen LogP contribution in [0.15, 0.2) is 70.0 Å². The van der Waals surface area contributed by atoms with Gasteiger partial charge >= 0.3 is 6.18 Å². The van der Waals surface area contributed by atoms with Crippen LogP contribution < -0.4 is 0 Å². The van der Waals surface area contributed by atoms with Crippen LogP contribution in [0, 0.1) is 6.92 Å². The van der Waals surface area contributed by atoms with Crippen LogP contribution in [0.4, 0.5) is 18.0 Å². The number of furan rings is 1. The lowest BCUT2D eigenvalue weighted by atomic mass is 10.1. The highest BCUT2D eigenvalue weighted by Gasteiger charge is 2.35. The smallest absolute Gasteiger partial charge is 0.416 e. The van der Waals surface area contributed by atoms with Crippen LogP contribution in [0.1, 0.15) is 22.5 Å². The lowest BCUT2D eigenvalue weighted by Crippen LogP contribution is -2.27. The van der Waals surface area contributed by atoms with Crippen molar-refractivity contribution < 1.29 is 27.2 Å². The Morgan fingerprint density at radius 2 is 1.81 bits per heavy atom. The molecule has 158 valence electrons. The number of thioether (sulfide) groups is 1. The first kappa shape index (κ1) is 21.0. The zero-order valence-corrected chi connectivity index (χ0v) is 17.1. The standard InChI is InChI=1S/C23H16F3NO3S/c1-14-5-2-3-6-16(14)13-27-21(28)20(31-22(27)29)12-18-9-10-19(30-18)15-7-4-8-17(11-15)23(24,25)26/h2-12H,13H2,1H3/b20-12-. The molecule has 2 heterocycles. The Balaban J connectivity index is 1.55. The number of carbonyl (C=O) groups excluding carboxylic acids is 2. The van der Waals surface area contributed by atoms with E-state index in [1.807, 2.05) is 31.2 Å². The van der Waals surface area contributed by atoms with Gasteiger partial charge in [0.2, 0.25) is 0 Å². The number of rotatable bonds is 4. The van der Waals surface area contributed by atoms with Gasteiger partial charge in [0.25, 0.3) is 11.1 Å². The summed E-state index contributed by atoms with van der Waals surface area (Å²) in [4.78, 5) is 26.4. The van der Waals surface area contributed by atoms with Crippen LogP contribution in [-0.2, 0) is 17.5 Å². The van der Waals surface area contributed by atoms with Crippen LogP contribution in [0.5, 0.6) is 0 Å². The van der Waals surface area contributed by atoms with Gasteiger partial charge in [-0.25, -0.2) is 0 Å². The van der Waals surface area contributed by atoms with E-state index in [-0.39, 0.29) is 33.8 Å². The second kappa shape index (κ2) is 8.11. The van der Waals surface area contributed by atoms with E-state index in [0.29, 0.717) is 0 Å². The Kier molecular flexibility index (Phi) is 5.49. The molecule has 0 bridgehead atoms. The fourth-order valence-electron chi connectivity index (χ4n) is 3.16. The molecule has 2 aromatic carbocycles. The number of nitrogens with zero attached hydrogens (tertiary/aromatic N) is 1. The van der Waals surface area contributed by atoms with E-state index < -0.39 is 17.6 Å². The summed E-state index contributed by atoms with van der Waals surface area (Å²) in [5, 5.41) is -0.385. The zero-order chi connectivity index (χ0) is 22.2. The van der Waals surface area contributed by atoms with Gasteiger partial charge < -0.3 is 4.42 Å². The maximum absolute atomic E-state index is 12.9. The molecule has 0 aliphatic carbocycles. The molecule has 4 nitrogen and oxygen atoms in total. The van der Waals surface area contributed by atoms with Crippen molar-refractivity contribution in [2.24, 2.45) is 0 Å². The molecule has 1 saturated heterocycles. The molecule has 0 spiro atoms. The monoisotopic (exact) mass is 443 g/mol. The van der Waals surface area contributed by atoms with E-state index in [1.165, 1.54) is 24.3 Å². The van der Waals surface area contributed by atoms with Gasteiger partial charge in [-0.3, -0.25) is 14.5 Å². The summed E-state index contributed by atoms with van der Waals surface area (Å²) in [5.74, 6) is 0.0700. The first-order valence-corrected chi connectivity index (χ1v) is 10.1. The molecule has 3 aromatic rings. The van der Waals surface area contributed by atoms with Crippen molar-refractivity contribution in [1.82, 2.24) is 4.90 Å². The van der Waals surface area contributed by atoms with Crippen LogP contribution in [0.2, 0.25) is 0 Å². The first-order chi connectivity index (χ1) is 14.7. The molecule has 1 aliphatic rings. The van der Waals surface area contributed by atoms with E-state index in [4.69, 9.17) is 4.42 Å². The van der Waals surface area contributed by atoms with E-state index in [1.54, 1.807) is 6.07 Å². The quantitative estimate of drug-likeness (QED) is 0.431. The molecule has 0 unspecified atom stereocenters. The number of benzene rings is 2. The van der Waals surface area contributed by atoms with Gasteiger partial charge in [-0.15, -0.1) is 0 Å². The Morgan fingerprint density at radius 3 is 2.55 bits per heavy atom. The molecule has 8 heteroatoms. The molecule has 1 fully saturated rings. The zero-order valence-electron chi connectivity index (χ0n) is 16.3. The van der Waals surface area contributed by atoms with Gasteiger partial charge in [0, 0.05) is 11.6 Å². The van der Waals surface area contributed by atoms with Crippen molar-refractivity contribution >= 4 is 29.0 Å². The Labute approximate surface area is 180 Å². The summed E-state index contributed by atoms with van der Waals surface area (Å²) in [6, 6.07) is 15.4. The molecule has 0 atom stereocenters. The van der Waals surface area contributed by atoms with Crippen molar-refractivity contribution in [2.45, 2.75) is 19.6 Å². The third kappa shape index (κ3) is 4.44. The highest BCUT2D eigenvalue weighted by molar-refractivity contribution is 8.18. The van der Waals surface area contributed by atoms with Gasteiger partial charge in [-0.1, -0.05) is 36.4 Å². The summed E-state index contributed by atoms with van der Waals surface area (Å²) < 4.78 is 44.4. The predicted molar refractivity (Wildman–Crippen MR) is 112 cm³/mol. The van der Waals surface area contributed by atoms with Crippen LogP contribution >= 0.6 is 11.8 Å². The number of hydrogen-bond donors (Lipinski definition) is 0. The maximum Gasteiger partial charge on any atom is 0.416 e. The lowest BCUT2D eigenvalue weighted by molar-refractivity contribution is -0.137. The van der Waals surface area contributed by atoms with Crippen molar-refractivity contribution in [2.75, 3.05) is 0 Å². The third-order valence-electron chi connectivity index (χ3n) is 4.84. The Morgan fingerprint density at radius 1 is 1.03 bits per heavy atom. The van der Waals surface area contributed by atoms with Crippen LogP contribution in [-0.4, -0.2) is 16.0 Å². The topological polar surface area (TPSA) is 50.5 Å². The van der Waals surface area contributed by atoms with Crippen molar-refractivity contribution in [3.05, 3.63) is 88.0 Å². The summed E-state index contributed by atoms with van der Waals surface area (Å²) in [7, 11) is 0. The molecular formula is C23H16F3NO3S. The van der Waals surface area contributed by atoms with Crippen molar-refractivity contribution in [3.8, 4) is 11.3 Å². The molecule has 31 heavy (non-hydrogen) atoms. The predicted octanol–water partition coefficient (Wildman–Crippen LogP) is 6.51. The van der Waals surface area contributed by atoms with E-state index >= 15 is 0 Å². The number of hydrogen-bond acceptors (Lipinski definition) is 4. The lowest BCUT2D eigenvalue weighted by Gasteiger charge is -2.14. The molecule has 0 radical (unpaired) electrons. The van der Waals surface area contributed by atoms with E-state index in [0.717, 1.165) is 39.9 Å². The number of aryl methyl sites for hydroxylation is 1. The fraction of sp³-hybridized carbons (Fsp3) is 0.130. The number of amides is 2. The van der Waals surface area contributed by atoms with Gasteiger partial charge in [-0.05, 0) is 54.1 Å². The minimum absolute atomic E-state index is 0.169. The van der Waals surface area contributed by atoms with E-state index in [9.17, 15) is 22.8 Å². The maximum atomic E-state index is 12.9. The number of imide groups is 1. The van der Waals surface area contributed by atoms with Gasteiger partial charge in [0.05, 0.1) is 17.0 Å². The van der Waals surface area contributed by atoms with E-state index in [2.05, 4.69) is 0 Å².